The molecule has 0 amide bonds. The van der Waals surface area contributed by atoms with Crippen LogP contribution in [0.2, 0.25) is 0 Å². The van der Waals surface area contributed by atoms with E-state index in [0.717, 1.165) is 17.2 Å². The standard InChI is InChI=1S/C15H14N2S/c1-11-9-17-15(18-11)10-16-14-7-6-12-4-2-3-5-13(12)8-14/h2-9,16H,10H2,1H3. The number of fused-ring (bicyclic) bond motifs is 1. The number of benzene rings is 2. The second-order valence-electron chi connectivity index (χ2n) is 4.28. The largest absolute Gasteiger partial charge is 0.379 e. The van der Waals surface area contributed by atoms with Gasteiger partial charge in [-0.05, 0) is 29.8 Å². The fourth-order valence-electron chi connectivity index (χ4n) is 1.96. The monoisotopic (exact) mass is 254 g/mol. The lowest BCUT2D eigenvalue weighted by Gasteiger charge is -2.05. The van der Waals surface area contributed by atoms with Crippen LogP contribution < -0.4 is 5.32 Å². The third kappa shape index (κ3) is 2.36. The number of nitrogens with zero attached hydrogens (tertiary/aromatic N) is 1. The van der Waals surface area contributed by atoms with Gasteiger partial charge in [-0.2, -0.15) is 0 Å². The van der Waals surface area contributed by atoms with E-state index in [1.54, 1.807) is 11.3 Å². The topological polar surface area (TPSA) is 24.9 Å². The first kappa shape index (κ1) is 11.2. The highest BCUT2D eigenvalue weighted by atomic mass is 32.1. The van der Waals surface area contributed by atoms with Crippen LogP contribution in [0.5, 0.6) is 0 Å². The number of thiazole rings is 1. The molecule has 0 aliphatic rings. The van der Waals surface area contributed by atoms with Crippen LogP contribution in [0, 0.1) is 6.92 Å². The number of nitrogens with one attached hydrogen (secondary N) is 1. The quantitative estimate of drug-likeness (QED) is 0.757. The molecule has 0 saturated heterocycles. The Bertz CT molecular complexity index is 673. The summed E-state index contributed by atoms with van der Waals surface area (Å²) in [6, 6.07) is 14.8. The van der Waals surface area contributed by atoms with E-state index in [2.05, 4.69) is 59.7 Å². The summed E-state index contributed by atoms with van der Waals surface area (Å²) >= 11 is 1.74. The lowest BCUT2D eigenvalue weighted by Crippen LogP contribution is -1.98. The fourth-order valence-corrected chi connectivity index (χ4v) is 2.69. The predicted octanol–water partition coefficient (Wildman–Crippen LogP) is 4.22. The maximum atomic E-state index is 4.35. The van der Waals surface area contributed by atoms with Gasteiger partial charge in [0.05, 0.1) is 6.54 Å². The van der Waals surface area contributed by atoms with Crippen molar-refractivity contribution in [3.63, 3.8) is 0 Å². The van der Waals surface area contributed by atoms with Gasteiger partial charge in [-0.25, -0.2) is 4.98 Å². The first-order valence-electron chi connectivity index (χ1n) is 5.95. The summed E-state index contributed by atoms with van der Waals surface area (Å²) in [5, 5.41) is 7.07. The van der Waals surface area contributed by atoms with Gasteiger partial charge in [-0.1, -0.05) is 30.3 Å². The van der Waals surface area contributed by atoms with Crippen LogP contribution in [-0.4, -0.2) is 4.98 Å². The maximum Gasteiger partial charge on any atom is 0.112 e. The molecule has 0 aliphatic carbocycles. The van der Waals surface area contributed by atoms with E-state index in [1.165, 1.54) is 15.6 Å². The number of hydrogen-bond acceptors (Lipinski definition) is 3. The molecular formula is C15H14N2S. The van der Waals surface area contributed by atoms with E-state index < -0.39 is 0 Å². The van der Waals surface area contributed by atoms with Gasteiger partial charge in [-0.3, -0.25) is 0 Å². The molecule has 0 spiro atoms. The molecule has 1 aromatic heterocycles. The smallest absolute Gasteiger partial charge is 0.112 e. The molecule has 1 N–H and O–H groups in total. The van der Waals surface area contributed by atoms with Gasteiger partial charge in [0.15, 0.2) is 0 Å². The molecule has 0 fully saturated rings. The summed E-state index contributed by atoms with van der Waals surface area (Å²) in [6.45, 7) is 2.87. The second kappa shape index (κ2) is 4.78. The fraction of sp³-hybridized carbons (Fsp3) is 0.133. The number of anilines is 1. The molecule has 2 aromatic carbocycles. The van der Waals surface area contributed by atoms with Gasteiger partial charge in [0.1, 0.15) is 5.01 Å². The van der Waals surface area contributed by atoms with Gasteiger partial charge in [-0.15, -0.1) is 11.3 Å². The summed E-state index contributed by atoms with van der Waals surface area (Å²) in [7, 11) is 0. The van der Waals surface area contributed by atoms with E-state index in [9.17, 15) is 0 Å². The van der Waals surface area contributed by atoms with Crippen LogP contribution in [0.3, 0.4) is 0 Å². The van der Waals surface area contributed by atoms with Crippen molar-refractivity contribution in [2.75, 3.05) is 5.32 Å². The van der Waals surface area contributed by atoms with E-state index in [0.29, 0.717) is 0 Å². The Morgan fingerprint density at radius 3 is 2.72 bits per heavy atom. The van der Waals surface area contributed by atoms with Crippen LogP contribution in [0.15, 0.2) is 48.7 Å². The normalized spacial score (nSPS) is 10.7. The molecule has 3 rings (SSSR count). The average Bonchev–Trinajstić information content (AvgIpc) is 2.82. The Balaban J connectivity index is 1.78. The Kier molecular flexibility index (Phi) is 2.99. The molecule has 1 heterocycles. The molecule has 0 saturated carbocycles. The van der Waals surface area contributed by atoms with Gasteiger partial charge in [0.25, 0.3) is 0 Å². The Morgan fingerprint density at radius 2 is 1.94 bits per heavy atom. The van der Waals surface area contributed by atoms with Crippen LogP contribution in [0.1, 0.15) is 9.88 Å². The van der Waals surface area contributed by atoms with Crippen molar-refractivity contribution in [1.29, 1.82) is 0 Å². The van der Waals surface area contributed by atoms with Crippen LogP contribution in [0.4, 0.5) is 5.69 Å². The van der Waals surface area contributed by atoms with Crippen molar-refractivity contribution >= 4 is 27.8 Å². The number of aryl methyl sites for hydroxylation is 1. The summed E-state index contributed by atoms with van der Waals surface area (Å²) in [5.74, 6) is 0. The SMILES string of the molecule is Cc1cnc(CNc2ccc3ccccc3c2)s1. The molecule has 0 aliphatic heterocycles. The zero-order chi connectivity index (χ0) is 12.4. The third-order valence-corrected chi connectivity index (χ3v) is 3.78. The molecule has 0 radical (unpaired) electrons. The van der Waals surface area contributed by atoms with Crippen molar-refractivity contribution < 1.29 is 0 Å². The summed E-state index contributed by atoms with van der Waals surface area (Å²) in [5.41, 5.74) is 1.14. The molecule has 18 heavy (non-hydrogen) atoms. The average molecular weight is 254 g/mol. The molecule has 0 bridgehead atoms. The number of rotatable bonds is 3. The van der Waals surface area contributed by atoms with Crippen molar-refractivity contribution in [3.05, 3.63) is 58.5 Å². The third-order valence-electron chi connectivity index (χ3n) is 2.86. The van der Waals surface area contributed by atoms with Gasteiger partial charge >= 0.3 is 0 Å². The van der Waals surface area contributed by atoms with Crippen molar-refractivity contribution in [1.82, 2.24) is 4.98 Å². The molecule has 3 aromatic rings. The molecular weight excluding hydrogens is 240 g/mol. The summed E-state index contributed by atoms with van der Waals surface area (Å²) < 4.78 is 0. The first-order valence-corrected chi connectivity index (χ1v) is 6.77. The Hall–Kier alpha value is -1.87. The molecule has 3 heteroatoms. The summed E-state index contributed by atoms with van der Waals surface area (Å²) in [4.78, 5) is 5.60. The van der Waals surface area contributed by atoms with E-state index in [-0.39, 0.29) is 0 Å². The van der Waals surface area contributed by atoms with Crippen molar-refractivity contribution in [2.45, 2.75) is 13.5 Å². The van der Waals surface area contributed by atoms with Crippen LogP contribution >= 0.6 is 11.3 Å². The van der Waals surface area contributed by atoms with E-state index in [1.807, 2.05) is 6.20 Å². The zero-order valence-electron chi connectivity index (χ0n) is 10.2. The van der Waals surface area contributed by atoms with Crippen molar-refractivity contribution in [3.8, 4) is 0 Å². The Labute approximate surface area is 110 Å². The number of aromatic nitrogens is 1. The van der Waals surface area contributed by atoms with E-state index in [4.69, 9.17) is 0 Å². The molecule has 0 unspecified atom stereocenters. The molecule has 0 atom stereocenters. The van der Waals surface area contributed by atoms with Crippen LogP contribution in [-0.2, 0) is 6.54 Å². The minimum absolute atomic E-state index is 0.789. The van der Waals surface area contributed by atoms with Crippen LogP contribution in [0.25, 0.3) is 10.8 Å². The van der Waals surface area contributed by atoms with Gasteiger partial charge in [0.2, 0.25) is 0 Å². The minimum Gasteiger partial charge on any atom is -0.379 e. The number of hydrogen-bond donors (Lipinski definition) is 1. The highest BCUT2D eigenvalue weighted by molar-refractivity contribution is 7.11. The lowest BCUT2D eigenvalue weighted by atomic mass is 10.1. The van der Waals surface area contributed by atoms with Gasteiger partial charge in [0, 0.05) is 16.8 Å². The van der Waals surface area contributed by atoms with E-state index >= 15 is 0 Å². The highest BCUT2D eigenvalue weighted by Gasteiger charge is 1.99. The first-order chi connectivity index (χ1) is 8.81. The predicted molar refractivity (Wildman–Crippen MR) is 78.1 cm³/mol. The second-order valence-corrected chi connectivity index (χ2v) is 5.60. The zero-order valence-corrected chi connectivity index (χ0v) is 11.0. The minimum atomic E-state index is 0.789. The molecule has 90 valence electrons. The maximum absolute atomic E-state index is 4.35. The Morgan fingerprint density at radius 1 is 1.11 bits per heavy atom. The highest BCUT2D eigenvalue weighted by Crippen LogP contribution is 2.20. The van der Waals surface area contributed by atoms with Crippen molar-refractivity contribution in [2.24, 2.45) is 0 Å². The summed E-state index contributed by atoms with van der Waals surface area (Å²) in [6.07, 6.45) is 1.92. The molecule has 2 nitrogen and oxygen atoms in total. The van der Waals surface area contributed by atoms with Gasteiger partial charge < -0.3 is 5.32 Å². The lowest BCUT2D eigenvalue weighted by molar-refractivity contribution is 1.10.